The van der Waals surface area contributed by atoms with E-state index in [0.717, 1.165) is 27.9 Å². The number of methoxy groups -OCH3 is 1. The van der Waals surface area contributed by atoms with Crippen LogP contribution in [0, 0.1) is 13.8 Å². The third kappa shape index (κ3) is 3.54. The summed E-state index contributed by atoms with van der Waals surface area (Å²) in [6, 6.07) is 8.71. The molecule has 4 rings (SSSR count). The maximum atomic E-state index is 12.7. The Morgan fingerprint density at radius 1 is 1.24 bits per heavy atom. The van der Waals surface area contributed by atoms with Crippen molar-refractivity contribution in [1.29, 1.82) is 0 Å². The van der Waals surface area contributed by atoms with Gasteiger partial charge in [0.1, 0.15) is 6.04 Å². The Morgan fingerprint density at radius 3 is 2.83 bits per heavy atom. The van der Waals surface area contributed by atoms with Gasteiger partial charge in [-0.1, -0.05) is 18.2 Å². The number of benzene rings is 1. The second-order valence-electron chi connectivity index (χ2n) is 6.80. The number of ether oxygens (including phenoxy) is 1. The van der Waals surface area contributed by atoms with Crippen LogP contribution >= 0.6 is 0 Å². The standard InChI is InChI=1S/C20H20N6O3/c1-11-8-12(2)26-20(22-11)24-17(25-26)18(27)23-16(19(28)29-3)9-13-10-21-15-7-5-4-6-14(13)15/h4-8,10,16,21H,9H2,1-3H3,(H,23,27). The minimum atomic E-state index is -0.880. The zero-order valence-corrected chi connectivity index (χ0v) is 16.3. The molecule has 0 fully saturated rings. The Kier molecular flexibility index (Phi) is 4.71. The number of fused-ring (bicyclic) bond motifs is 2. The van der Waals surface area contributed by atoms with Crippen molar-refractivity contribution in [3.8, 4) is 0 Å². The van der Waals surface area contributed by atoms with Crippen molar-refractivity contribution in [2.75, 3.05) is 7.11 Å². The summed E-state index contributed by atoms with van der Waals surface area (Å²) in [5.41, 5.74) is 3.44. The number of hydrogen-bond acceptors (Lipinski definition) is 6. The van der Waals surface area contributed by atoms with Crippen LogP contribution < -0.4 is 5.32 Å². The average molecular weight is 392 g/mol. The van der Waals surface area contributed by atoms with E-state index in [-0.39, 0.29) is 12.2 Å². The topological polar surface area (TPSA) is 114 Å². The molecule has 1 unspecified atom stereocenters. The van der Waals surface area contributed by atoms with Crippen LogP contribution in [-0.4, -0.2) is 49.6 Å². The van der Waals surface area contributed by atoms with Gasteiger partial charge in [0, 0.05) is 34.9 Å². The van der Waals surface area contributed by atoms with Gasteiger partial charge in [-0.15, -0.1) is 5.10 Å². The molecule has 0 aliphatic carbocycles. The number of rotatable bonds is 5. The number of carbonyl (C=O) groups excluding carboxylic acids is 2. The first-order valence-electron chi connectivity index (χ1n) is 9.11. The zero-order chi connectivity index (χ0) is 20.5. The second kappa shape index (κ2) is 7.34. The van der Waals surface area contributed by atoms with Crippen LogP contribution in [0.2, 0.25) is 0 Å². The maximum absolute atomic E-state index is 12.7. The first kappa shape index (κ1) is 18.6. The summed E-state index contributed by atoms with van der Waals surface area (Å²) >= 11 is 0. The van der Waals surface area contributed by atoms with Gasteiger partial charge in [-0.2, -0.15) is 4.98 Å². The molecular weight excluding hydrogens is 372 g/mol. The van der Waals surface area contributed by atoms with Crippen LogP contribution in [0.3, 0.4) is 0 Å². The molecule has 0 aliphatic rings. The van der Waals surface area contributed by atoms with E-state index in [1.165, 1.54) is 11.6 Å². The number of nitrogens with zero attached hydrogens (tertiary/aromatic N) is 4. The molecule has 0 saturated carbocycles. The van der Waals surface area contributed by atoms with Crippen molar-refractivity contribution in [2.45, 2.75) is 26.3 Å². The summed E-state index contributed by atoms with van der Waals surface area (Å²) in [6.45, 7) is 3.70. The molecule has 1 aromatic carbocycles. The van der Waals surface area contributed by atoms with Crippen LogP contribution in [0.25, 0.3) is 16.7 Å². The van der Waals surface area contributed by atoms with Crippen molar-refractivity contribution in [3.63, 3.8) is 0 Å². The number of aromatic amines is 1. The third-order valence-corrected chi connectivity index (χ3v) is 4.71. The number of amides is 1. The minimum Gasteiger partial charge on any atom is -0.467 e. The summed E-state index contributed by atoms with van der Waals surface area (Å²) in [4.78, 5) is 36.7. The Bertz CT molecular complexity index is 1230. The van der Waals surface area contributed by atoms with Gasteiger partial charge in [-0.05, 0) is 31.5 Å². The van der Waals surface area contributed by atoms with E-state index < -0.39 is 17.9 Å². The predicted molar refractivity (Wildman–Crippen MR) is 106 cm³/mol. The van der Waals surface area contributed by atoms with Crippen molar-refractivity contribution in [1.82, 2.24) is 29.9 Å². The van der Waals surface area contributed by atoms with E-state index in [1.54, 1.807) is 0 Å². The lowest BCUT2D eigenvalue weighted by molar-refractivity contribution is -0.142. The van der Waals surface area contributed by atoms with E-state index in [0.29, 0.717) is 5.78 Å². The van der Waals surface area contributed by atoms with Crippen LogP contribution in [-0.2, 0) is 16.0 Å². The highest BCUT2D eigenvalue weighted by Gasteiger charge is 2.26. The fourth-order valence-corrected chi connectivity index (χ4v) is 3.34. The lowest BCUT2D eigenvalue weighted by Crippen LogP contribution is -2.43. The second-order valence-corrected chi connectivity index (χ2v) is 6.80. The van der Waals surface area contributed by atoms with Gasteiger partial charge in [0.25, 0.3) is 11.7 Å². The van der Waals surface area contributed by atoms with Crippen LogP contribution in [0.4, 0.5) is 0 Å². The molecule has 9 nitrogen and oxygen atoms in total. The number of H-pyrrole nitrogens is 1. The van der Waals surface area contributed by atoms with Crippen LogP contribution in [0.1, 0.15) is 27.6 Å². The molecule has 1 atom stereocenters. The number of para-hydroxylation sites is 1. The molecule has 0 saturated heterocycles. The number of hydrogen-bond donors (Lipinski definition) is 2. The lowest BCUT2D eigenvalue weighted by atomic mass is 10.0. The van der Waals surface area contributed by atoms with Crippen molar-refractivity contribution >= 4 is 28.6 Å². The number of aromatic nitrogens is 5. The normalized spacial score (nSPS) is 12.2. The Hall–Kier alpha value is -3.75. The fraction of sp³-hybridized carbons (Fsp3) is 0.250. The van der Waals surface area contributed by atoms with Gasteiger partial charge < -0.3 is 15.0 Å². The Labute approximate surface area is 166 Å². The molecule has 0 aliphatic heterocycles. The maximum Gasteiger partial charge on any atom is 0.328 e. The molecule has 3 aromatic heterocycles. The first-order valence-corrected chi connectivity index (χ1v) is 9.11. The van der Waals surface area contributed by atoms with E-state index in [2.05, 4.69) is 25.4 Å². The van der Waals surface area contributed by atoms with Crippen molar-refractivity contribution < 1.29 is 14.3 Å². The number of aryl methyl sites for hydroxylation is 2. The molecule has 0 bridgehead atoms. The highest BCUT2D eigenvalue weighted by atomic mass is 16.5. The molecule has 29 heavy (non-hydrogen) atoms. The molecule has 4 aromatic rings. The highest BCUT2D eigenvalue weighted by Crippen LogP contribution is 2.19. The molecule has 9 heteroatoms. The molecule has 3 heterocycles. The summed E-state index contributed by atoms with van der Waals surface area (Å²) in [7, 11) is 1.29. The molecule has 0 spiro atoms. The summed E-state index contributed by atoms with van der Waals surface area (Å²) < 4.78 is 6.38. The molecule has 0 radical (unpaired) electrons. The van der Waals surface area contributed by atoms with E-state index in [9.17, 15) is 9.59 Å². The molecule has 1 amide bonds. The van der Waals surface area contributed by atoms with E-state index >= 15 is 0 Å². The van der Waals surface area contributed by atoms with Gasteiger partial charge in [-0.25, -0.2) is 14.3 Å². The number of nitrogens with one attached hydrogen (secondary N) is 2. The smallest absolute Gasteiger partial charge is 0.328 e. The Morgan fingerprint density at radius 2 is 2.03 bits per heavy atom. The van der Waals surface area contributed by atoms with E-state index in [4.69, 9.17) is 4.74 Å². The van der Waals surface area contributed by atoms with Crippen LogP contribution in [0.15, 0.2) is 36.5 Å². The van der Waals surface area contributed by atoms with Gasteiger partial charge in [-0.3, -0.25) is 4.79 Å². The average Bonchev–Trinajstić information content (AvgIpc) is 3.31. The summed E-state index contributed by atoms with van der Waals surface area (Å²) in [5.74, 6) is -0.835. The quantitative estimate of drug-likeness (QED) is 0.500. The fourth-order valence-electron chi connectivity index (χ4n) is 3.34. The van der Waals surface area contributed by atoms with E-state index in [1.807, 2.05) is 50.4 Å². The largest absolute Gasteiger partial charge is 0.467 e. The minimum absolute atomic E-state index is 0.0565. The van der Waals surface area contributed by atoms with Gasteiger partial charge >= 0.3 is 5.97 Å². The molecule has 148 valence electrons. The monoisotopic (exact) mass is 392 g/mol. The zero-order valence-electron chi connectivity index (χ0n) is 16.3. The summed E-state index contributed by atoms with van der Waals surface area (Å²) in [6.07, 6.45) is 2.10. The van der Waals surface area contributed by atoms with Gasteiger partial charge in [0.05, 0.1) is 7.11 Å². The van der Waals surface area contributed by atoms with Crippen LogP contribution in [0.5, 0.6) is 0 Å². The molecule has 2 N–H and O–H groups in total. The first-order chi connectivity index (χ1) is 14.0. The van der Waals surface area contributed by atoms with Crippen molar-refractivity contribution in [3.05, 3.63) is 59.3 Å². The number of esters is 1. The molecular formula is C20H20N6O3. The van der Waals surface area contributed by atoms with Gasteiger partial charge in [0.2, 0.25) is 5.82 Å². The lowest BCUT2D eigenvalue weighted by Gasteiger charge is -2.15. The Balaban J connectivity index is 1.60. The predicted octanol–water partition coefficient (Wildman–Crippen LogP) is 1.74. The van der Waals surface area contributed by atoms with Crippen molar-refractivity contribution in [2.24, 2.45) is 0 Å². The van der Waals surface area contributed by atoms with Gasteiger partial charge in [0.15, 0.2) is 0 Å². The third-order valence-electron chi connectivity index (χ3n) is 4.71. The summed E-state index contributed by atoms with van der Waals surface area (Å²) in [5, 5.41) is 7.88. The highest BCUT2D eigenvalue weighted by molar-refractivity contribution is 5.94. The number of carbonyl (C=O) groups is 2. The SMILES string of the molecule is COC(=O)C(Cc1c[nH]c2ccccc12)NC(=O)c1nc2nc(C)cc(C)n2n1.